The van der Waals surface area contributed by atoms with E-state index in [9.17, 15) is 0 Å². The molecule has 3 nitrogen and oxygen atoms in total. The number of nitrogens with zero attached hydrogens (tertiary/aromatic N) is 1. The van der Waals surface area contributed by atoms with Gasteiger partial charge in [0, 0.05) is 11.7 Å². The first kappa shape index (κ1) is 8.77. The van der Waals surface area contributed by atoms with Crippen molar-refractivity contribution in [2.45, 2.75) is 31.3 Å². The monoisotopic (exact) mass is 201 g/mol. The molecule has 1 saturated carbocycles. The van der Waals surface area contributed by atoms with Crippen LogP contribution in [-0.2, 0) is 0 Å². The third-order valence-electron chi connectivity index (χ3n) is 3.09. The van der Waals surface area contributed by atoms with Gasteiger partial charge in [-0.1, -0.05) is 18.2 Å². The number of nitrogens with one attached hydrogen (secondary N) is 2. The van der Waals surface area contributed by atoms with Gasteiger partial charge in [0.05, 0.1) is 6.04 Å². The minimum atomic E-state index is 0.544. The molecular weight excluding hydrogens is 186 g/mol. The van der Waals surface area contributed by atoms with Crippen molar-refractivity contribution in [2.24, 2.45) is 4.99 Å². The number of para-hydroxylation sites is 1. The van der Waals surface area contributed by atoms with Crippen LogP contribution in [0.4, 0.5) is 5.69 Å². The number of benzene rings is 1. The highest BCUT2D eigenvalue weighted by atomic mass is 15.2. The van der Waals surface area contributed by atoms with E-state index in [2.05, 4.69) is 27.8 Å². The molecule has 1 aromatic carbocycles. The molecule has 0 amide bonds. The normalized spacial score (nSPS) is 28.1. The Bertz CT molecular complexity index is 372. The quantitative estimate of drug-likeness (QED) is 0.729. The fourth-order valence-electron chi connectivity index (χ4n) is 2.35. The lowest BCUT2D eigenvalue weighted by Gasteiger charge is -2.22. The Labute approximate surface area is 89.6 Å². The standard InChI is InChI=1S/C12H15N3/c1-2-4-9(5-3-1)13-12-14-10-6-7-11(8-10)15-12/h1-5,10-11H,6-8H2,(H2,13,14,15). The smallest absolute Gasteiger partial charge is 0.196 e. The van der Waals surface area contributed by atoms with Gasteiger partial charge in [-0.05, 0) is 31.4 Å². The summed E-state index contributed by atoms with van der Waals surface area (Å²) in [5, 5.41) is 6.75. The lowest BCUT2D eigenvalue weighted by molar-refractivity contribution is 0.582. The first-order valence-corrected chi connectivity index (χ1v) is 5.56. The van der Waals surface area contributed by atoms with Gasteiger partial charge in [0.25, 0.3) is 0 Å². The van der Waals surface area contributed by atoms with E-state index in [1.807, 2.05) is 18.2 Å². The van der Waals surface area contributed by atoms with Crippen LogP contribution in [0.2, 0.25) is 0 Å². The van der Waals surface area contributed by atoms with E-state index in [-0.39, 0.29) is 0 Å². The number of hydrogen-bond acceptors (Lipinski definition) is 3. The van der Waals surface area contributed by atoms with Crippen LogP contribution in [0.1, 0.15) is 19.3 Å². The lowest BCUT2D eigenvalue weighted by Crippen LogP contribution is -2.41. The van der Waals surface area contributed by atoms with E-state index in [4.69, 9.17) is 0 Å². The van der Waals surface area contributed by atoms with Gasteiger partial charge >= 0.3 is 0 Å². The molecule has 0 radical (unpaired) electrons. The van der Waals surface area contributed by atoms with E-state index in [0.717, 1.165) is 11.6 Å². The molecule has 0 saturated heterocycles. The summed E-state index contributed by atoms with van der Waals surface area (Å²) in [5.74, 6) is 0.944. The Morgan fingerprint density at radius 2 is 2.07 bits per heavy atom. The van der Waals surface area contributed by atoms with Crippen molar-refractivity contribution in [2.75, 3.05) is 5.32 Å². The van der Waals surface area contributed by atoms with E-state index < -0.39 is 0 Å². The summed E-state index contributed by atoms with van der Waals surface area (Å²) in [6.07, 6.45) is 3.70. The predicted octanol–water partition coefficient (Wildman–Crippen LogP) is 1.98. The molecule has 1 aliphatic heterocycles. The van der Waals surface area contributed by atoms with Crippen LogP contribution >= 0.6 is 0 Å². The SMILES string of the molecule is c1ccc(NC2=NC3CCC(C3)N2)cc1. The average molecular weight is 201 g/mol. The largest absolute Gasteiger partial charge is 0.353 e. The van der Waals surface area contributed by atoms with Crippen molar-refractivity contribution >= 4 is 11.6 Å². The molecular formula is C12H15N3. The summed E-state index contributed by atoms with van der Waals surface area (Å²) in [6.45, 7) is 0. The second-order valence-corrected chi connectivity index (χ2v) is 4.28. The van der Waals surface area contributed by atoms with Gasteiger partial charge < -0.3 is 10.6 Å². The molecule has 0 aromatic heterocycles. The molecule has 1 aliphatic carbocycles. The van der Waals surface area contributed by atoms with E-state index in [1.54, 1.807) is 0 Å². The third-order valence-corrected chi connectivity index (χ3v) is 3.09. The van der Waals surface area contributed by atoms with Crippen LogP contribution in [-0.4, -0.2) is 18.0 Å². The number of hydrogen-bond donors (Lipinski definition) is 2. The van der Waals surface area contributed by atoms with Gasteiger partial charge in [-0.15, -0.1) is 0 Å². The average Bonchev–Trinajstić information content (AvgIpc) is 2.60. The van der Waals surface area contributed by atoms with Gasteiger partial charge in [-0.3, -0.25) is 0 Å². The maximum atomic E-state index is 4.63. The summed E-state index contributed by atoms with van der Waals surface area (Å²) < 4.78 is 0. The molecule has 2 atom stereocenters. The topological polar surface area (TPSA) is 36.4 Å². The van der Waals surface area contributed by atoms with Crippen molar-refractivity contribution in [3.63, 3.8) is 0 Å². The van der Waals surface area contributed by atoms with E-state index in [1.165, 1.54) is 19.3 Å². The van der Waals surface area contributed by atoms with Crippen LogP contribution < -0.4 is 10.6 Å². The Hall–Kier alpha value is -1.51. The van der Waals surface area contributed by atoms with Gasteiger partial charge in [-0.2, -0.15) is 0 Å². The van der Waals surface area contributed by atoms with Gasteiger partial charge in [0.15, 0.2) is 5.96 Å². The number of aliphatic imine (C=N–C) groups is 1. The lowest BCUT2D eigenvalue weighted by atomic mass is 10.2. The maximum Gasteiger partial charge on any atom is 0.196 e. The Morgan fingerprint density at radius 1 is 1.20 bits per heavy atom. The van der Waals surface area contributed by atoms with Crippen molar-refractivity contribution in [3.8, 4) is 0 Å². The minimum Gasteiger partial charge on any atom is -0.353 e. The van der Waals surface area contributed by atoms with Crippen molar-refractivity contribution < 1.29 is 0 Å². The molecule has 2 aliphatic rings. The van der Waals surface area contributed by atoms with Crippen molar-refractivity contribution in [1.29, 1.82) is 0 Å². The van der Waals surface area contributed by atoms with Gasteiger partial charge in [-0.25, -0.2) is 4.99 Å². The summed E-state index contributed by atoms with van der Waals surface area (Å²) in [4.78, 5) is 4.63. The highest BCUT2D eigenvalue weighted by Crippen LogP contribution is 2.25. The van der Waals surface area contributed by atoms with Crippen molar-refractivity contribution in [1.82, 2.24) is 5.32 Å². The highest BCUT2D eigenvalue weighted by molar-refractivity contribution is 5.94. The molecule has 0 spiro atoms. The number of rotatable bonds is 1. The molecule has 2 bridgehead atoms. The van der Waals surface area contributed by atoms with Crippen molar-refractivity contribution in [3.05, 3.63) is 30.3 Å². The number of guanidine groups is 1. The van der Waals surface area contributed by atoms with Crippen LogP contribution in [0.3, 0.4) is 0 Å². The Kier molecular flexibility index (Phi) is 2.09. The fourth-order valence-corrected chi connectivity index (χ4v) is 2.35. The van der Waals surface area contributed by atoms with Gasteiger partial charge in [0.1, 0.15) is 0 Å². The zero-order chi connectivity index (χ0) is 10.1. The second kappa shape index (κ2) is 3.57. The van der Waals surface area contributed by atoms with Crippen LogP contribution in [0.5, 0.6) is 0 Å². The first-order valence-electron chi connectivity index (χ1n) is 5.56. The molecule has 1 heterocycles. The third kappa shape index (κ3) is 1.82. The highest BCUT2D eigenvalue weighted by Gasteiger charge is 2.29. The van der Waals surface area contributed by atoms with Crippen LogP contribution in [0.15, 0.2) is 35.3 Å². The molecule has 78 valence electrons. The molecule has 3 rings (SSSR count). The molecule has 3 heteroatoms. The Balaban J connectivity index is 1.74. The predicted molar refractivity (Wildman–Crippen MR) is 62.1 cm³/mol. The summed E-state index contributed by atoms with van der Waals surface area (Å²) in [7, 11) is 0. The first-order chi connectivity index (χ1) is 7.40. The molecule has 15 heavy (non-hydrogen) atoms. The number of fused-ring (bicyclic) bond motifs is 2. The van der Waals surface area contributed by atoms with E-state index in [0.29, 0.717) is 12.1 Å². The fraction of sp³-hybridized carbons (Fsp3) is 0.417. The maximum absolute atomic E-state index is 4.63. The summed E-state index contributed by atoms with van der Waals surface area (Å²) in [6, 6.07) is 11.4. The Morgan fingerprint density at radius 3 is 2.87 bits per heavy atom. The molecule has 2 N–H and O–H groups in total. The summed E-state index contributed by atoms with van der Waals surface area (Å²) >= 11 is 0. The van der Waals surface area contributed by atoms with E-state index >= 15 is 0 Å². The second-order valence-electron chi connectivity index (χ2n) is 4.28. The minimum absolute atomic E-state index is 0.544. The summed E-state index contributed by atoms with van der Waals surface area (Å²) in [5.41, 5.74) is 1.10. The van der Waals surface area contributed by atoms with Crippen LogP contribution in [0, 0.1) is 0 Å². The number of anilines is 1. The molecule has 1 fully saturated rings. The zero-order valence-corrected chi connectivity index (χ0v) is 8.61. The molecule has 2 unspecified atom stereocenters. The molecule has 1 aromatic rings. The van der Waals surface area contributed by atoms with Gasteiger partial charge in [0.2, 0.25) is 0 Å². The zero-order valence-electron chi connectivity index (χ0n) is 8.61. The van der Waals surface area contributed by atoms with Crippen LogP contribution in [0.25, 0.3) is 0 Å².